The lowest BCUT2D eigenvalue weighted by Gasteiger charge is -2.28. The summed E-state index contributed by atoms with van der Waals surface area (Å²) in [6.45, 7) is 13.0. The van der Waals surface area contributed by atoms with Gasteiger partial charge in [0.1, 0.15) is 11.5 Å². The van der Waals surface area contributed by atoms with Gasteiger partial charge in [0.2, 0.25) is 0 Å². The molecular weight excluding hydrogens is 298 g/mol. The van der Waals surface area contributed by atoms with E-state index in [4.69, 9.17) is 4.74 Å². The topological polar surface area (TPSA) is 41.5 Å². The number of aromatic hydroxyl groups is 1. The van der Waals surface area contributed by atoms with E-state index in [0.29, 0.717) is 0 Å². The standard InChI is InChI=1S/C21H29NO2/c1-20(2,3)14-12-17(21(4,5)6)19(18(23)13-14)22-15-8-10-16(24-7)11-9-15/h8-13,22-23H,1-7H3. The number of phenols is 1. The molecule has 24 heavy (non-hydrogen) atoms. The zero-order valence-corrected chi connectivity index (χ0v) is 15.8. The number of methoxy groups -OCH3 is 1. The highest BCUT2D eigenvalue weighted by Gasteiger charge is 2.25. The molecule has 0 radical (unpaired) electrons. The Morgan fingerprint density at radius 3 is 1.92 bits per heavy atom. The van der Waals surface area contributed by atoms with Gasteiger partial charge in [-0.15, -0.1) is 0 Å². The molecule has 130 valence electrons. The van der Waals surface area contributed by atoms with Crippen molar-refractivity contribution in [2.45, 2.75) is 52.4 Å². The van der Waals surface area contributed by atoms with Crippen molar-refractivity contribution in [3.05, 3.63) is 47.5 Å². The number of hydrogen-bond acceptors (Lipinski definition) is 3. The molecule has 0 aliphatic rings. The third-order valence-corrected chi connectivity index (χ3v) is 4.15. The number of phenolic OH excluding ortho intramolecular Hbond substituents is 1. The molecule has 0 amide bonds. The third kappa shape index (κ3) is 4.02. The Bertz CT molecular complexity index is 704. The van der Waals surface area contributed by atoms with E-state index in [1.165, 1.54) is 0 Å². The molecule has 2 aromatic carbocycles. The van der Waals surface area contributed by atoms with Gasteiger partial charge in [-0.05, 0) is 52.3 Å². The molecule has 0 spiro atoms. The second-order valence-electron chi connectivity index (χ2n) is 8.27. The molecule has 2 aromatic rings. The average molecular weight is 327 g/mol. The quantitative estimate of drug-likeness (QED) is 0.706. The van der Waals surface area contributed by atoms with Crippen LogP contribution in [0.1, 0.15) is 52.7 Å². The molecule has 0 saturated carbocycles. The largest absolute Gasteiger partial charge is 0.506 e. The lowest BCUT2D eigenvalue weighted by molar-refractivity contribution is 0.415. The first-order valence-electron chi connectivity index (χ1n) is 8.31. The van der Waals surface area contributed by atoms with E-state index in [2.05, 4.69) is 52.9 Å². The lowest BCUT2D eigenvalue weighted by atomic mass is 9.79. The summed E-state index contributed by atoms with van der Waals surface area (Å²) in [6, 6.07) is 11.8. The molecule has 2 rings (SSSR count). The van der Waals surface area contributed by atoms with Crippen molar-refractivity contribution in [2.75, 3.05) is 12.4 Å². The van der Waals surface area contributed by atoms with Crippen molar-refractivity contribution in [1.82, 2.24) is 0 Å². The third-order valence-electron chi connectivity index (χ3n) is 4.15. The van der Waals surface area contributed by atoms with Gasteiger partial charge in [0, 0.05) is 5.69 Å². The Hall–Kier alpha value is -2.16. The summed E-state index contributed by atoms with van der Waals surface area (Å²) in [5.41, 5.74) is 3.80. The minimum atomic E-state index is -0.0897. The summed E-state index contributed by atoms with van der Waals surface area (Å²) < 4.78 is 5.20. The second-order valence-corrected chi connectivity index (χ2v) is 8.27. The Morgan fingerprint density at radius 1 is 0.875 bits per heavy atom. The fraction of sp³-hybridized carbons (Fsp3) is 0.429. The molecular formula is C21H29NO2. The summed E-state index contributed by atoms with van der Waals surface area (Å²) in [4.78, 5) is 0. The van der Waals surface area contributed by atoms with Crippen LogP contribution in [0.25, 0.3) is 0 Å². The highest BCUT2D eigenvalue weighted by Crippen LogP contribution is 2.41. The maximum atomic E-state index is 10.7. The molecule has 0 aliphatic heterocycles. The molecule has 3 heteroatoms. The van der Waals surface area contributed by atoms with Crippen molar-refractivity contribution in [1.29, 1.82) is 0 Å². The molecule has 0 bridgehead atoms. The van der Waals surface area contributed by atoms with Gasteiger partial charge in [-0.25, -0.2) is 0 Å². The molecule has 3 nitrogen and oxygen atoms in total. The van der Waals surface area contributed by atoms with Crippen LogP contribution in [0.15, 0.2) is 36.4 Å². The van der Waals surface area contributed by atoms with E-state index >= 15 is 0 Å². The van der Waals surface area contributed by atoms with Crippen LogP contribution in [0, 0.1) is 0 Å². The van der Waals surface area contributed by atoms with Crippen LogP contribution in [-0.4, -0.2) is 12.2 Å². The zero-order chi connectivity index (χ0) is 18.1. The Kier molecular flexibility index (Phi) is 4.84. The van der Waals surface area contributed by atoms with E-state index in [-0.39, 0.29) is 16.6 Å². The number of rotatable bonds is 3. The minimum absolute atomic E-state index is 0.0177. The molecule has 0 fully saturated rings. The predicted octanol–water partition coefficient (Wildman–Crippen LogP) is 5.74. The van der Waals surface area contributed by atoms with Crippen molar-refractivity contribution in [3.8, 4) is 11.5 Å². The van der Waals surface area contributed by atoms with E-state index in [9.17, 15) is 5.11 Å². The van der Waals surface area contributed by atoms with Gasteiger partial charge in [0.15, 0.2) is 0 Å². The Balaban J connectivity index is 2.51. The Morgan fingerprint density at radius 2 is 1.46 bits per heavy atom. The highest BCUT2D eigenvalue weighted by atomic mass is 16.5. The minimum Gasteiger partial charge on any atom is -0.506 e. The molecule has 0 aromatic heterocycles. The number of benzene rings is 2. The number of ether oxygens (including phenoxy) is 1. The van der Waals surface area contributed by atoms with Gasteiger partial charge in [0.05, 0.1) is 12.8 Å². The number of anilines is 2. The van der Waals surface area contributed by atoms with Crippen molar-refractivity contribution in [2.24, 2.45) is 0 Å². The van der Waals surface area contributed by atoms with Gasteiger partial charge in [-0.3, -0.25) is 0 Å². The van der Waals surface area contributed by atoms with Gasteiger partial charge in [-0.2, -0.15) is 0 Å². The maximum Gasteiger partial charge on any atom is 0.139 e. The maximum absolute atomic E-state index is 10.7. The van der Waals surface area contributed by atoms with Gasteiger partial charge >= 0.3 is 0 Å². The van der Waals surface area contributed by atoms with Crippen LogP contribution in [0.3, 0.4) is 0 Å². The molecule has 0 heterocycles. The second kappa shape index (κ2) is 6.39. The van der Waals surface area contributed by atoms with Crippen molar-refractivity contribution >= 4 is 11.4 Å². The number of nitrogens with one attached hydrogen (secondary N) is 1. The fourth-order valence-corrected chi connectivity index (χ4v) is 2.60. The summed E-state index contributed by atoms with van der Waals surface area (Å²) in [7, 11) is 1.65. The average Bonchev–Trinajstić information content (AvgIpc) is 2.47. The first kappa shape index (κ1) is 18.2. The van der Waals surface area contributed by atoms with Crippen molar-refractivity contribution in [3.63, 3.8) is 0 Å². The van der Waals surface area contributed by atoms with Gasteiger partial charge in [0.25, 0.3) is 0 Å². The fourth-order valence-electron chi connectivity index (χ4n) is 2.60. The molecule has 0 aliphatic carbocycles. The van der Waals surface area contributed by atoms with Crippen LogP contribution in [-0.2, 0) is 10.8 Å². The molecule has 2 N–H and O–H groups in total. The first-order chi connectivity index (χ1) is 11.0. The SMILES string of the molecule is COc1ccc(Nc2c(O)cc(C(C)(C)C)cc2C(C)(C)C)cc1. The van der Waals surface area contributed by atoms with Crippen LogP contribution in [0.2, 0.25) is 0 Å². The molecule has 0 saturated heterocycles. The van der Waals surface area contributed by atoms with Crippen LogP contribution >= 0.6 is 0 Å². The summed E-state index contributed by atoms with van der Waals surface area (Å²) in [6.07, 6.45) is 0. The van der Waals surface area contributed by atoms with E-state index < -0.39 is 0 Å². The normalized spacial score (nSPS) is 12.1. The van der Waals surface area contributed by atoms with E-state index in [0.717, 1.165) is 28.3 Å². The summed E-state index contributed by atoms with van der Waals surface area (Å²) >= 11 is 0. The van der Waals surface area contributed by atoms with Gasteiger partial charge in [-0.1, -0.05) is 47.6 Å². The highest BCUT2D eigenvalue weighted by molar-refractivity contribution is 5.72. The molecule has 0 atom stereocenters. The van der Waals surface area contributed by atoms with E-state index in [1.807, 2.05) is 30.3 Å². The monoisotopic (exact) mass is 327 g/mol. The number of hydrogen-bond donors (Lipinski definition) is 2. The van der Waals surface area contributed by atoms with Gasteiger partial charge < -0.3 is 15.2 Å². The summed E-state index contributed by atoms with van der Waals surface area (Å²) in [5.74, 6) is 1.09. The van der Waals surface area contributed by atoms with Crippen molar-refractivity contribution < 1.29 is 9.84 Å². The molecule has 0 unspecified atom stereocenters. The first-order valence-corrected chi connectivity index (χ1v) is 8.31. The van der Waals surface area contributed by atoms with Crippen LogP contribution in [0.4, 0.5) is 11.4 Å². The predicted molar refractivity (Wildman–Crippen MR) is 102 cm³/mol. The summed E-state index contributed by atoms with van der Waals surface area (Å²) in [5, 5.41) is 14.0. The lowest BCUT2D eigenvalue weighted by Crippen LogP contribution is -2.18. The van der Waals surface area contributed by atoms with Crippen LogP contribution in [0.5, 0.6) is 11.5 Å². The Labute approximate surface area is 145 Å². The van der Waals surface area contributed by atoms with E-state index in [1.54, 1.807) is 7.11 Å². The van der Waals surface area contributed by atoms with Crippen LogP contribution < -0.4 is 10.1 Å². The smallest absolute Gasteiger partial charge is 0.139 e. The zero-order valence-electron chi connectivity index (χ0n) is 15.8.